The molecule has 6 heteroatoms. The third-order valence-corrected chi connectivity index (χ3v) is 4.20. The van der Waals surface area contributed by atoms with E-state index in [1.54, 1.807) is 30.0 Å². The molecular formula is C19H20FNO4. The lowest BCUT2D eigenvalue weighted by Crippen LogP contribution is -2.40. The third kappa shape index (κ3) is 3.96. The highest BCUT2D eigenvalue weighted by Crippen LogP contribution is 2.22. The van der Waals surface area contributed by atoms with Gasteiger partial charge in [0.2, 0.25) is 0 Å². The minimum atomic E-state index is -0.316. The van der Waals surface area contributed by atoms with Gasteiger partial charge in [-0.3, -0.25) is 9.59 Å². The Bertz CT molecular complexity index is 760. The Morgan fingerprint density at radius 2 is 1.84 bits per heavy atom. The van der Waals surface area contributed by atoms with E-state index in [1.165, 1.54) is 12.1 Å². The molecule has 0 saturated carbocycles. The molecule has 5 nitrogen and oxygen atoms in total. The van der Waals surface area contributed by atoms with Crippen molar-refractivity contribution in [3.05, 3.63) is 58.8 Å². The van der Waals surface area contributed by atoms with Gasteiger partial charge in [-0.1, -0.05) is 19.1 Å². The molecule has 0 bridgehead atoms. The van der Waals surface area contributed by atoms with Crippen LogP contribution in [0.2, 0.25) is 0 Å². The summed E-state index contributed by atoms with van der Waals surface area (Å²) in [5.74, 6) is -0.333. The number of morpholine rings is 1. The van der Waals surface area contributed by atoms with Gasteiger partial charge >= 0.3 is 0 Å². The molecule has 1 amide bonds. The van der Waals surface area contributed by atoms with Gasteiger partial charge in [0.25, 0.3) is 5.91 Å². The lowest BCUT2D eigenvalue weighted by atomic mass is 10.0. The molecule has 2 aromatic rings. The number of amides is 1. The zero-order chi connectivity index (χ0) is 17.8. The normalized spacial score (nSPS) is 14.6. The number of nitrogens with zero attached hydrogens (tertiary/aromatic N) is 1. The Labute approximate surface area is 145 Å². The van der Waals surface area contributed by atoms with Crippen LogP contribution in [0.15, 0.2) is 34.7 Å². The summed E-state index contributed by atoms with van der Waals surface area (Å²) in [6.45, 7) is 3.75. The molecule has 0 radical (unpaired) electrons. The third-order valence-electron chi connectivity index (χ3n) is 4.20. The van der Waals surface area contributed by atoms with Gasteiger partial charge in [-0.2, -0.15) is 0 Å². The number of ketones is 1. The quantitative estimate of drug-likeness (QED) is 0.782. The number of halogens is 1. The van der Waals surface area contributed by atoms with Crippen molar-refractivity contribution in [2.45, 2.75) is 19.8 Å². The number of hydrogen-bond donors (Lipinski definition) is 0. The van der Waals surface area contributed by atoms with Gasteiger partial charge in [-0.05, 0) is 23.8 Å². The van der Waals surface area contributed by atoms with E-state index >= 15 is 0 Å². The van der Waals surface area contributed by atoms with Crippen LogP contribution in [0.4, 0.5) is 4.39 Å². The first-order chi connectivity index (χ1) is 12.1. The number of carbonyl (C=O) groups is 2. The number of furan rings is 1. The number of benzene rings is 1. The van der Waals surface area contributed by atoms with Gasteiger partial charge < -0.3 is 14.1 Å². The van der Waals surface area contributed by atoms with Crippen LogP contribution >= 0.6 is 0 Å². The largest absolute Gasteiger partial charge is 0.447 e. The average Bonchev–Trinajstić information content (AvgIpc) is 3.07. The molecule has 0 atom stereocenters. The number of hydrogen-bond acceptors (Lipinski definition) is 4. The highest BCUT2D eigenvalue weighted by atomic mass is 19.1. The van der Waals surface area contributed by atoms with E-state index in [9.17, 15) is 14.0 Å². The molecule has 0 spiro atoms. The number of rotatable bonds is 5. The molecule has 0 N–H and O–H groups in total. The Hall–Kier alpha value is -2.47. The molecule has 1 aromatic carbocycles. The summed E-state index contributed by atoms with van der Waals surface area (Å²) < 4.78 is 23.9. The highest BCUT2D eigenvalue weighted by molar-refractivity contribution is 5.98. The minimum absolute atomic E-state index is 0.155. The van der Waals surface area contributed by atoms with Gasteiger partial charge in [0.15, 0.2) is 17.3 Å². The van der Waals surface area contributed by atoms with Gasteiger partial charge in [0.1, 0.15) is 5.82 Å². The van der Waals surface area contributed by atoms with Crippen LogP contribution in [0, 0.1) is 5.82 Å². The minimum Gasteiger partial charge on any atom is -0.447 e. The van der Waals surface area contributed by atoms with E-state index < -0.39 is 0 Å². The predicted octanol–water partition coefficient (Wildman–Crippen LogP) is 3.07. The van der Waals surface area contributed by atoms with E-state index in [-0.39, 0.29) is 35.4 Å². The van der Waals surface area contributed by atoms with Crippen LogP contribution in [0.1, 0.15) is 45.6 Å². The Kier molecular flexibility index (Phi) is 5.28. The maximum atomic E-state index is 13.1. The smallest absolute Gasteiger partial charge is 0.289 e. The van der Waals surface area contributed by atoms with Crippen molar-refractivity contribution in [1.29, 1.82) is 0 Å². The zero-order valence-electron chi connectivity index (χ0n) is 14.1. The van der Waals surface area contributed by atoms with Crippen LogP contribution in [-0.4, -0.2) is 42.9 Å². The molecule has 0 aliphatic carbocycles. The van der Waals surface area contributed by atoms with E-state index in [0.717, 1.165) is 5.56 Å². The first kappa shape index (κ1) is 17.4. The van der Waals surface area contributed by atoms with E-state index in [4.69, 9.17) is 9.15 Å². The zero-order valence-corrected chi connectivity index (χ0v) is 14.1. The summed E-state index contributed by atoms with van der Waals surface area (Å²) in [6.07, 6.45) is 0.691. The Balaban J connectivity index is 1.87. The maximum absolute atomic E-state index is 13.1. The van der Waals surface area contributed by atoms with Gasteiger partial charge in [0.05, 0.1) is 13.2 Å². The van der Waals surface area contributed by atoms with E-state index in [2.05, 4.69) is 0 Å². The highest BCUT2D eigenvalue weighted by Gasteiger charge is 2.25. The van der Waals surface area contributed by atoms with Crippen LogP contribution in [-0.2, 0) is 11.2 Å². The lowest BCUT2D eigenvalue weighted by molar-refractivity contribution is 0.0282. The van der Waals surface area contributed by atoms with Crippen molar-refractivity contribution in [3.8, 4) is 0 Å². The van der Waals surface area contributed by atoms with Gasteiger partial charge in [-0.15, -0.1) is 0 Å². The molecule has 1 fully saturated rings. The second kappa shape index (κ2) is 7.61. The molecule has 1 aliphatic rings. The SMILES string of the molecule is CCC(=O)c1oc(C(=O)N2CCOCC2)cc1Cc1ccc(F)cc1. The molecule has 25 heavy (non-hydrogen) atoms. The number of Topliss-reactive ketones (excluding diaryl/α,β-unsaturated/α-hetero) is 1. The molecule has 2 heterocycles. The monoisotopic (exact) mass is 345 g/mol. The van der Waals surface area contributed by atoms with Gasteiger partial charge in [-0.25, -0.2) is 4.39 Å². The van der Waals surface area contributed by atoms with Crippen LogP contribution in [0.25, 0.3) is 0 Å². The fraction of sp³-hybridized carbons (Fsp3) is 0.368. The van der Waals surface area contributed by atoms with Crippen LogP contribution in [0.3, 0.4) is 0 Å². The van der Waals surface area contributed by atoms with Crippen molar-refractivity contribution in [2.24, 2.45) is 0 Å². The summed E-state index contributed by atoms with van der Waals surface area (Å²) in [6, 6.07) is 7.69. The van der Waals surface area contributed by atoms with Crippen molar-refractivity contribution in [3.63, 3.8) is 0 Å². The van der Waals surface area contributed by atoms with Crippen molar-refractivity contribution < 1.29 is 23.1 Å². The maximum Gasteiger partial charge on any atom is 0.289 e. The second-order valence-electron chi connectivity index (χ2n) is 5.95. The summed E-state index contributed by atoms with van der Waals surface area (Å²) in [5, 5.41) is 0. The molecular weight excluding hydrogens is 325 g/mol. The lowest BCUT2D eigenvalue weighted by Gasteiger charge is -2.25. The van der Waals surface area contributed by atoms with Gasteiger partial charge in [0, 0.05) is 31.5 Å². The molecule has 0 unspecified atom stereocenters. The molecule has 132 valence electrons. The molecule has 1 saturated heterocycles. The average molecular weight is 345 g/mol. The summed E-state index contributed by atoms with van der Waals surface area (Å²) >= 11 is 0. The first-order valence-corrected chi connectivity index (χ1v) is 8.36. The summed E-state index contributed by atoms with van der Waals surface area (Å²) in [5.41, 5.74) is 1.49. The van der Waals surface area contributed by atoms with Crippen molar-refractivity contribution >= 4 is 11.7 Å². The Morgan fingerprint density at radius 3 is 2.48 bits per heavy atom. The first-order valence-electron chi connectivity index (χ1n) is 8.36. The van der Waals surface area contributed by atoms with E-state index in [1.807, 2.05) is 0 Å². The number of ether oxygens (including phenoxy) is 1. The predicted molar refractivity (Wildman–Crippen MR) is 89.3 cm³/mol. The number of carbonyl (C=O) groups excluding carboxylic acids is 2. The summed E-state index contributed by atoms with van der Waals surface area (Å²) in [7, 11) is 0. The fourth-order valence-corrected chi connectivity index (χ4v) is 2.81. The standard InChI is InChI=1S/C19H20FNO4/c1-2-16(22)18-14(11-13-3-5-15(20)6-4-13)12-17(25-18)19(23)21-7-9-24-10-8-21/h3-6,12H,2,7-11H2,1H3. The van der Waals surface area contributed by atoms with E-state index in [0.29, 0.717) is 38.3 Å². The molecule has 1 aromatic heterocycles. The fourth-order valence-electron chi connectivity index (χ4n) is 2.81. The van der Waals surface area contributed by atoms with Crippen LogP contribution < -0.4 is 0 Å². The second-order valence-corrected chi connectivity index (χ2v) is 5.95. The van der Waals surface area contributed by atoms with Crippen molar-refractivity contribution in [1.82, 2.24) is 4.90 Å². The summed E-state index contributed by atoms with van der Waals surface area (Å²) in [4.78, 5) is 26.4. The van der Waals surface area contributed by atoms with Crippen molar-refractivity contribution in [2.75, 3.05) is 26.3 Å². The molecule has 1 aliphatic heterocycles. The topological polar surface area (TPSA) is 59.8 Å². The molecule has 3 rings (SSSR count). The van der Waals surface area contributed by atoms with Crippen LogP contribution in [0.5, 0.6) is 0 Å². The Morgan fingerprint density at radius 1 is 1.16 bits per heavy atom.